The molecule has 8 nitrogen and oxygen atoms in total. The summed E-state index contributed by atoms with van der Waals surface area (Å²) in [7, 11) is 1.68. The van der Waals surface area contributed by atoms with Gasteiger partial charge >= 0.3 is 0 Å². The monoisotopic (exact) mass is 284 g/mol. The molecule has 0 saturated heterocycles. The van der Waals surface area contributed by atoms with Gasteiger partial charge in [-0.15, -0.1) is 0 Å². The largest absolute Gasteiger partial charge is 0.383 e. The quantitative estimate of drug-likeness (QED) is 0.696. The first-order valence-electron chi connectivity index (χ1n) is 4.74. The van der Waals surface area contributed by atoms with Gasteiger partial charge in [-0.1, -0.05) is 0 Å². The molecule has 5 N–H and O–H groups in total. The maximum Gasteiger partial charge on any atom is 0.228 e. The van der Waals surface area contributed by atoms with Gasteiger partial charge in [0, 0.05) is 13.1 Å². The highest BCUT2D eigenvalue weighted by Gasteiger charge is 2.09. The van der Waals surface area contributed by atoms with Crippen molar-refractivity contribution in [3.63, 3.8) is 0 Å². The first-order chi connectivity index (χ1) is 8.56. The lowest BCUT2D eigenvalue weighted by Gasteiger charge is -2.03. The van der Waals surface area contributed by atoms with Gasteiger partial charge in [0.15, 0.2) is 5.16 Å². The van der Waals surface area contributed by atoms with Crippen molar-refractivity contribution in [2.75, 3.05) is 23.8 Å². The second-order valence-electron chi connectivity index (χ2n) is 3.06. The third-order valence-corrected chi connectivity index (χ3v) is 2.64. The van der Waals surface area contributed by atoms with E-state index < -0.39 is 0 Å². The predicted molar refractivity (Wildman–Crippen MR) is 69.4 cm³/mol. The molecule has 0 saturated carbocycles. The van der Waals surface area contributed by atoms with Gasteiger partial charge in [0.1, 0.15) is 11.6 Å². The summed E-state index contributed by atoms with van der Waals surface area (Å²) in [6, 6.07) is 1.46. The molecule has 0 atom stereocenters. The zero-order chi connectivity index (χ0) is 13.1. The molecule has 0 aliphatic heterocycles. The van der Waals surface area contributed by atoms with E-state index in [0.717, 1.165) is 11.8 Å². The Balaban J connectivity index is 2.30. The average Bonchev–Trinajstić information content (AvgIpc) is 2.26. The van der Waals surface area contributed by atoms with Crippen LogP contribution in [0.3, 0.4) is 0 Å². The first-order valence-corrected chi connectivity index (χ1v) is 5.93. The topological polar surface area (TPSA) is 129 Å². The van der Waals surface area contributed by atoms with E-state index in [9.17, 15) is 0 Å². The summed E-state index contributed by atoms with van der Waals surface area (Å²) in [5.74, 6) is 0.910. The van der Waals surface area contributed by atoms with Crippen molar-refractivity contribution in [2.24, 2.45) is 0 Å². The summed E-state index contributed by atoms with van der Waals surface area (Å²) in [6.07, 6.45) is 0. The molecule has 0 aromatic carbocycles. The summed E-state index contributed by atoms with van der Waals surface area (Å²) in [5.41, 5.74) is 11.1. The average molecular weight is 285 g/mol. The summed E-state index contributed by atoms with van der Waals surface area (Å²) in [4.78, 5) is 19.9. The van der Waals surface area contributed by atoms with E-state index in [1.54, 1.807) is 7.05 Å². The van der Waals surface area contributed by atoms with Gasteiger partial charge in [0.05, 0.1) is 0 Å². The lowest BCUT2D eigenvalue weighted by atomic mass is 10.5. The van der Waals surface area contributed by atoms with Crippen molar-refractivity contribution in [3.05, 3.63) is 11.3 Å². The second kappa shape index (κ2) is 5.19. The van der Waals surface area contributed by atoms with Crippen LogP contribution in [0, 0.1) is 0 Å². The summed E-state index contributed by atoms with van der Waals surface area (Å²) in [5, 5.41) is 3.54. The molecule has 0 aliphatic rings. The summed E-state index contributed by atoms with van der Waals surface area (Å²) in [6.45, 7) is 0. The molecule has 2 aromatic rings. The standard InChI is InChI=1S/C8H9ClN8S/c1-12-6-15-5(9)16-8(17-6)18-7-13-3(10)2-4(11)14-7/h2H,1H3,(H4,10,11,13,14)(H,12,15,16,17). The molecule has 2 heterocycles. The van der Waals surface area contributed by atoms with Crippen molar-refractivity contribution in [1.82, 2.24) is 24.9 Å². The molecule has 0 spiro atoms. The van der Waals surface area contributed by atoms with E-state index in [1.807, 2.05) is 0 Å². The van der Waals surface area contributed by atoms with Gasteiger partial charge < -0.3 is 16.8 Å². The SMILES string of the molecule is CNc1nc(Cl)nc(Sc2nc(N)cc(N)n2)n1. The van der Waals surface area contributed by atoms with Crippen LogP contribution in [0.25, 0.3) is 0 Å². The molecule has 0 bridgehead atoms. The fraction of sp³-hybridized carbons (Fsp3) is 0.125. The Morgan fingerprint density at radius 1 is 1.06 bits per heavy atom. The van der Waals surface area contributed by atoms with Gasteiger partial charge in [-0.05, 0) is 23.4 Å². The number of nitrogens with two attached hydrogens (primary N) is 2. The molecule has 0 amide bonds. The molecule has 0 unspecified atom stereocenters. The Bertz CT molecular complexity index is 557. The minimum absolute atomic E-state index is 0.0775. The summed E-state index contributed by atoms with van der Waals surface area (Å²) < 4.78 is 0. The number of rotatable bonds is 3. The Morgan fingerprint density at radius 3 is 2.28 bits per heavy atom. The molecule has 2 rings (SSSR count). The molecule has 10 heteroatoms. The van der Waals surface area contributed by atoms with Gasteiger partial charge in [0.25, 0.3) is 0 Å². The zero-order valence-corrected chi connectivity index (χ0v) is 10.8. The van der Waals surface area contributed by atoms with E-state index >= 15 is 0 Å². The minimum atomic E-state index is 0.0775. The van der Waals surface area contributed by atoms with Crippen molar-refractivity contribution < 1.29 is 0 Å². The van der Waals surface area contributed by atoms with Gasteiger partial charge in [-0.25, -0.2) is 9.97 Å². The van der Waals surface area contributed by atoms with Gasteiger partial charge in [0.2, 0.25) is 16.4 Å². The lowest BCUT2D eigenvalue weighted by molar-refractivity contribution is 0.895. The third-order valence-electron chi connectivity index (χ3n) is 1.74. The second-order valence-corrected chi connectivity index (χ2v) is 4.34. The van der Waals surface area contributed by atoms with Crippen molar-refractivity contribution in [1.29, 1.82) is 0 Å². The highest BCUT2D eigenvalue weighted by atomic mass is 35.5. The normalized spacial score (nSPS) is 10.3. The Kier molecular flexibility index (Phi) is 3.63. The minimum Gasteiger partial charge on any atom is -0.383 e. The van der Waals surface area contributed by atoms with E-state index in [2.05, 4.69) is 30.2 Å². The van der Waals surface area contributed by atoms with Crippen LogP contribution in [0.15, 0.2) is 16.4 Å². The van der Waals surface area contributed by atoms with Crippen molar-refractivity contribution >= 4 is 40.9 Å². The first kappa shape index (κ1) is 12.6. The van der Waals surface area contributed by atoms with Gasteiger partial charge in [-0.3, -0.25) is 0 Å². The molecule has 94 valence electrons. The fourth-order valence-electron chi connectivity index (χ4n) is 1.08. The Hall–Kier alpha value is -1.87. The number of hydrogen-bond acceptors (Lipinski definition) is 9. The maximum absolute atomic E-state index is 5.75. The molecular weight excluding hydrogens is 276 g/mol. The lowest BCUT2D eigenvalue weighted by Crippen LogP contribution is -2.02. The fourth-order valence-corrected chi connectivity index (χ4v) is 2.02. The number of nitrogens with zero attached hydrogens (tertiary/aromatic N) is 5. The Labute approximate surface area is 112 Å². The van der Waals surface area contributed by atoms with E-state index in [0.29, 0.717) is 16.3 Å². The third kappa shape index (κ3) is 3.08. The van der Waals surface area contributed by atoms with Crippen LogP contribution in [0.4, 0.5) is 17.6 Å². The molecule has 18 heavy (non-hydrogen) atoms. The van der Waals surface area contributed by atoms with E-state index in [4.69, 9.17) is 23.1 Å². The highest BCUT2D eigenvalue weighted by Crippen LogP contribution is 2.24. The van der Waals surface area contributed by atoms with Crippen molar-refractivity contribution in [3.8, 4) is 0 Å². The molecule has 0 radical (unpaired) electrons. The molecule has 2 aromatic heterocycles. The van der Waals surface area contributed by atoms with E-state index in [1.165, 1.54) is 6.07 Å². The zero-order valence-electron chi connectivity index (χ0n) is 9.25. The van der Waals surface area contributed by atoms with Crippen LogP contribution < -0.4 is 16.8 Å². The number of aromatic nitrogens is 5. The van der Waals surface area contributed by atoms with Crippen LogP contribution in [0.2, 0.25) is 5.28 Å². The molecule has 0 aliphatic carbocycles. The van der Waals surface area contributed by atoms with Crippen LogP contribution in [-0.2, 0) is 0 Å². The van der Waals surface area contributed by atoms with Crippen LogP contribution in [0.1, 0.15) is 0 Å². The number of anilines is 3. The number of halogens is 1. The smallest absolute Gasteiger partial charge is 0.228 e. The van der Waals surface area contributed by atoms with Crippen LogP contribution in [0.5, 0.6) is 0 Å². The number of nitrogen functional groups attached to an aromatic ring is 2. The van der Waals surface area contributed by atoms with E-state index in [-0.39, 0.29) is 16.9 Å². The van der Waals surface area contributed by atoms with Crippen molar-refractivity contribution in [2.45, 2.75) is 10.3 Å². The van der Waals surface area contributed by atoms with Crippen LogP contribution in [-0.4, -0.2) is 32.0 Å². The number of nitrogens with one attached hydrogen (secondary N) is 1. The predicted octanol–water partition coefficient (Wildman–Crippen LogP) is 0.672. The highest BCUT2D eigenvalue weighted by molar-refractivity contribution is 7.99. The van der Waals surface area contributed by atoms with Crippen LogP contribution >= 0.6 is 23.4 Å². The Morgan fingerprint density at radius 2 is 1.67 bits per heavy atom. The number of hydrogen-bond donors (Lipinski definition) is 3. The van der Waals surface area contributed by atoms with Gasteiger partial charge in [-0.2, -0.15) is 15.0 Å². The summed E-state index contributed by atoms with van der Waals surface area (Å²) >= 11 is 6.84. The maximum atomic E-state index is 5.75. The molecular formula is C8H9ClN8S. The molecule has 0 fully saturated rings.